The van der Waals surface area contributed by atoms with Crippen LogP contribution in [-0.2, 0) is 0 Å². The second-order valence-electron chi connectivity index (χ2n) is 7.15. The average Bonchev–Trinajstić information content (AvgIpc) is 2.51. The van der Waals surface area contributed by atoms with Crippen molar-refractivity contribution in [1.82, 2.24) is 9.97 Å². The molecule has 0 bridgehead atoms. The van der Waals surface area contributed by atoms with E-state index in [1.165, 1.54) is 6.07 Å². The zero-order valence-electron chi connectivity index (χ0n) is 15.1. The highest BCUT2D eigenvalue weighted by atomic mass is 19.3. The van der Waals surface area contributed by atoms with Gasteiger partial charge in [0, 0.05) is 17.3 Å². The van der Waals surface area contributed by atoms with Crippen LogP contribution >= 0.6 is 0 Å². The van der Waals surface area contributed by atoms with Gasteiger partial charge in [0.05, 0.1) is 17.9 Å². The van der Waals surface area contributed by atoms with E-state index in [1.54, 1.807) is 31.3 Å². The van der Waals surface area contributed by atoms with Crippen molar-refractivity contribution < 1.29 is 13.5 Å². The summed E-state index contributed by atoms with van der Waals surface area (Å²) in [6, 6.07) is 6.44. The fourth-order valence-electron chi connectivity index (χ4n) is 2.82. The molecule has 1 aromatic carbocycles. The molecule has 0 radical (unpaired) electrons. The SMILES string of the molecule is Cc1nccc(-c2ccc(OCC(C)CC(C)(C)N)c(C(F)F)c2)n1. The molecule has 0 fully saturated rings. The van der Waals surface area contributed by atoms with Gasteiger partial charge in [-0.1, -0.05) is 6.92 Å². The standard InChI is InChI=1S/C19H25F2N3O/c1-12(10-19(3,4)22)11-25-17-6-5-14(9-15(17)18(20)21)16-7-8-23-13(2)24-16/h5-9,12,18H,10-11,22H2,1-4H3. The van der Waals surface area contributed by atoms with E-state index in [2.05, 4.69) is 9.97 Å². The van der Waals surface area contributed by atoms with Crippen LogP contribution in [0.2, 0.25) is 0 Å². The number of aromatic nitrogens is 2. The minimum absolute atomic E-state index is 0.132. The number of hydrogen-bond acceptors (Lipinski definition) is 4. The van der Waals surface area contributed by atoms with Crippen LogP contribution in [0.15, 0.2) is 30.5 Å². The van der Waals surface area contributed by atoms with Crippen molar-refractivity contribution in [3.05, 3.63) is 41.9 Å². The van der Waals surface area contributed by atoms with Crippen LogP contribution in [0, 0.1) is 12.8 Å². The van der Waals surface area contributed by atoms with Crippen molar-refractivity contribution in [3.8, 4) is 17.0 Å². The molecule has 0 aliphatic rings. The lowest BCUT2D eigenvalue weighted by atomic mass is 9.93. The van der Waals surface area contributed by atoms with Gasteiger partial charge in [-0.25, -0.2) is 18.7 Å². The van der Waals surface area contributed by atoms with Crippen LogP contribution in [-0.4, -0.2) is 22.1 Å². The summed E-state index contributed by atoms with van der Waals surface area (Å²) in [4.78, 5) is 8.30. The molecular weight excluding hydrogens is 324 g/mol. The average molecular weight is 349 g/mol. The lowest BCUT2D eigenvalue weighted by molar-refractivity contribution is 0.142. The molecule has 2 aromatic rings. The molecule has 1 aromatic heterocycles. The van der Waals surface area contributed by atoms with E-state index in [-0.39, 0.29) is 22.8 Å². The van der Waals surface area contributed by atoms with E-state index in [9.17, 15) is 8.78 Å². The maximum atomic E-state index is 13.5. The molecule has 0 spiro atoms. The van der Waals surface area contributed by atoms with Gasteiger partial charge in [-0.15, -0.1) is 0 Å². The maximum Gasteiger partial charge on any atom is 0.267 e. The molecule has 136 valence electrons. The first-order valence-electron chi connectivity index (χ1n) is 8.29. The topological polar surface area (TPSA) is 61.0 Å². The first-order valence-corrected chi connectivity index (χ1v) is 8.29. The number of halogens is 2. The Hall–Kier alpha value is -2.08. The smallest absolute Gasteiger partial charge is 0.267 e. The van der Waals surface area contributed by atoms with Crippen LogP contribution in [0.25, 0.3) is 11.3 Å². The Kier molecular flexibility index (Phi) is 6.06. The number of hydrogen-bond donors (Lipinski definition) is 1. The van der Waals surface area contributed by atoms with Crippen molar-refractivity contribution in [1.29, 1.82) is 0 Å². The summed E-state index contributed by atoms with van der Waals surface area (Å²) >= 11 is 0. The molecule has 1 heterocycles. The van der Waals surface area contributed by atoms with Gasteiger partial charge >= 0.3 is 0 Å². The van der Waals surface area contributed by atoms with Crippen LogP contribution in [0.3, 0.4) is 0 Å². The Morgan fingerprint density at radius 3 is 2.56 bits per heavy atom. The molecule has 0 amide bonds. The number of ether oxygens (including phenoxy) is 1. The zero-order valence-corrected chi connectivity index (χ0v) is 15.1. The first kappa shape index (κ1) is 19.2. The highest BCUT2D eigenvalue weighted by molar-refractivity contribution is 5.62. The number of nitrogens with zero attached hydrogens (tertiary/aromatic N) is 2. The molecule has 0 aliphatic heterocycles. The summed E-state index contributed by atoms with van der Waals surface area (Å²) in [6.45, 7) is 7.97. The Bertz CT molecular complexity index is 714. The van der Waals surface area contributed by atoms with Gasteiger partial charge in [-0.3, -0.25) is 0 Å². The van der Waals surface area contributed by atoms with Crippen molar-refractivity contribution in [2.45, 2.75) is 46.1 Å². The number of aryl methyl sites for hydroxylation is 1. The molecule has 2 N–H and O–H groups in total. The molecule has 1 unspecified atom stereocenters. The predicted molar refractivity (Wildman–Crippen MR) is 94.7 cm³/mol. The second kappa shape index (κ2) is 7.87. The molecule has 25 heavy (non-hydrogen) atoms. The van der Waals surface area contributed by atoms with Crippen molar-refractivity contribution in [2.24, 2.45) is 11.7 Å². The highest BCUT2D eigenvalue weighted by Gasteiger charge is 2.19. The summed E-state index contributed by atoms with van der Waals surface area (Å²) in [5, 5.41) is 0. The highest BCUT2D eigenvalue weighted by Crippen LogP contribution is 2.33. The Balaban J connectivity index is 2.19. The molecule has 0 saturated heterocycles. The van der Waals surface area contributed by atoms with Crippen LogP contribution in [0.4, 0.5) is 8.78 Å². The van der Waals surface area contributed by atoms with Crippen molar-refractivity contribution in [2.75, 3.05) is 6.61 Å². The van der Waals surface area contributed by atoms with E-state index in [0.29, 0.717) is 23.7 Å². The Labute approximate surface area is 147 Å². The summed E-state index contributed by atoms with van der Waals surface area (Å²) in [5.41, 5.74) is 6.77. The predicted octanol–water partition coefficient (Wildman–Crippen LogP) is 4.53. The van der Waals surface area contributed by atoms with E-state index in [4.69, 9.17) is 10.5 Å². The van der Waals surface area contributed by atoms with Crippen molar-refractivity contribution >= 4 is 0 Å². The molecule has 0 aliphatic carbocycles. The minimum Gasteiger partial charge on any atom is -0.493 e. The van der Waals surface area contributed by atoms with Crippen LogP contribution in [0.1, 0.15) is 45.0 Å². The van der Waals surface area contributed by atoms with Gasteiger partial charge < -0.3 is 10.5 Å². The van der Waals surface area contributed by atoms with Gasteiger partial charge in [0.2, 0.25) is 0 Å². The maximum absolute atomic E-state index is 13.5. The van der Waals surface area contributed by atoms with E-state index >= 15 is 0 Å². The molecule has 1 atom stereocenters. The number of nitrogens with two attached hydrogens (primary N) is 1. The largest absolute Gasteiger partial charge is 0.493 e. The normalized spacial score (nSPS) is 13.1. The molecular formula is C19H25F2N3O. The molecule has 4 nitrogen and oxygen atoms in total. The van der Waals surface area contributed by atoms with Gasteiger partial charge in [0.25, 0.3) is 6.43 Å². The van der Waals surface area contributed by atoms with Crippen molar-refractivity contribution in [3.63, 3.8) is 0 Å². The summed E-state index contributed by atoms with van der Waals surface area (Å²) in [7, 11) is 0. The fourth-order valence-corrected chi connectivity index (χ4v) is 2.82. The molecule has 2 rings (SSSR count). The summed E-state index contributed by atoms with van der Waals surface area (Å²) in [5.74, 6) is 0.954. The van der Waals surface area contributed by atoms with E-state index in [1.807, 2.05) is 20.8 Å². The van der Waals surface area contributed by atoms with Gasteiger partial charge in [-0.05, 0) is 57.4 Å². The monoisotopic (exact) mass is 349 g/mol. The lowest BCUT2D eigenvalue weighted by Crippen LogP contribution is -2.35. The Morgan fingerprint density at radius 2 is 1.96 bits per heavy atom. The van der Waals surface area contributed by atoms with Crippen LogP contribution < -0.4 is 10.5 Å². The van der Waals surface area contributed by atoms with E-state index in [0.717, 1.165) is 6.42 Å². The van der Waals surface area contributed by atoms with Crippen LogP contribution in [0.5, 0.6) is 5.75 Å². The zero-order chi connectivity index (χ0) is 18.6. The molecule has 0 saturated carbocycles. The summed E-state index contributed by atoms with van der Waals surface area (Å²) < 4.78 is 32.6. The van der Waals surface area contributed by atoms with Gasteiger partial charge in [-0.2, -0.15) is 0 Å². The number of alkyl halides is 2. The third-order valence-electron chi connectivity index (χ3n) is 3.71. The fraction of sp³-hybridized carbons (Fsp3) is 0.474. The minimum atomic E-state index is -2.63. The lowest BCUT2D eigenvalue weighted by Gasteiger charge is -2.23. The third-order valence-corrected chi connectivity index (χ3v) is 3.71. The van der Waals surface area contributed by atoms with Gasteiger partial charge in [0.1, 0.15) is 11.6 Å². The Morgan fingerprint density at radius 1 is 1.24 bits per heavy atom. The molecule has 6 heteroatoms. The summed E-state index contributed by atoms with van der Waals surface area (Å²) in [6.07, 6.45) is -0.269. The van der Waals surface area contributed by atoms with E-state index < -0.39 is 6.43 Å². The first-order chi connectivity index (χ1) is 11.7. The number of benzene rings is 1. The van der Waals surface area contributed by atoms with Gasteiger partial charge in [0.15, 0.2) is 0 Å². The second-order valence-corrected chi connectivity index (χ2v) is 7.15. The third kappa shape index (κ3) is 5.74. The quantitative estimate of drug-likeness (QED) is 0.798. The number of rotatable bonds is 7.